The molecule has 0 amide bonds. The van der Waals surface area contributed by atoms with Gasteiger partial charge in [0.1, 0.15) is 5.82 Å². The molecule has 3 aliphatic carbocycles. The minimum atomic E-state index is -0.168. The Morgan fingerprint density at radius 3 is 1.67 bits per heavy atom. The van der Waals surface area contributed by atoms with Crippen LogP contribution in [0.15, 0.2) is 24.3 Å². The highest BCUT2D eigenvalue weighted by Gasteiger charge is 2.34. The third kappa shape index (κ3) is 6.09. The summed E-state index contributed by atoms with van der Waals surface area (Å²) in [6.45, 7) is 2.97. The molecule has 4 rings (SSSR count). The lowest BCUT2D eigenvalue weighted by molar-refractivity contribution is -0.00411. The number of hydrogen-bond acceptors (Lipinski definition) is 1. The fourth-order valence-corrected chi connectivity index (χ4v) is 6.97. The molecule has 0 spiro atoms. The van der Waals surface area contributed by atoms with Crippen LogP contribution in [-0.4, -0.2) is 6.10 Å². The average Bonchev–Trinajstić information content (AvgIpc) is 2.80. The summed E-state index contributed by atoms with van der Waals surface area (Å²) in [5.74, 6) is 4.89. The molecular weight excluding hydrogens is 371 g/mol. The third-order valence-corrected chi connectivity index (χ3v) is 8.86. The van der Waals surface area contributed by atoms with Crippen LogP contribution >= 0.6 is 0 Å². The van der Waals surface area contributed by atoms with Crippen molar-refractivity contribution in [3.8, 4) is 0 Å². The Morgan fingerprint density at radius 2 is 1.17 bits per heavy atom. The minimum Gasteiger partial charge on any atom is -0.374 e. The summed E-state index contributed by atoms with van der Waals surface area (Å²) in [6, 6.07) is 6.75. The second-order valence-corrected chi connectivity index (χ2v) is 10.7. The van der Waals surface area contributed by atoms with Crippen LogP contribution in [0.1, 0.15) is 102 Å². The van der Waals surface area contributed by atoms with Gasteiger partial charge in [0.05, 0.1) is 12.7 Å². The molecule has 0 radical (unpaired) electrons. The molecule has 1 aromatic rings. The quantitative estimate of drug-likeness (QED) is 0.436. The van der Waals surface area contributed by atoms with Crippen LogP contribution in [0.5, 0.6) is 0 Å². The average molecular weight is 415 g/mol. The third-order valence-electron chi connectivity index (χ3n) is 8.86. The van der Waals surface area contributed by atoms with Gasteiger partial charge < -0.3 is 4.74 Å². The van der Waals surface area contributed by atoms with Crippen LogP contribution in [0.4, 0.5) is 4.39 Å². The van der Waals surface area contributed by atoms with E-state index in [1.165, 1.54) is 102 Å². The number of rotatable bonds is 7. The summed E-state index contributed by atoms with van der Waals surface area (Å²) in [5.41, 5.74) is 1.08. The lowest BCUT2D eigenvalue weighted by Gasteiger charge is -2.41. The van der Waals surface area contributed by atoms with E-state index in [0.29, 0.717) is 12.7 Å². The van der Waals surface area contributed by atoms with Crippen molar-refractivity contribution in [1.29, 1.82) is 0 Å². The molecule has 2 heteroatoms. The van der Waals surface area contributed by atoms with Gasteiger partial charge in [-0.3, -0.25) is 0 Å². The standard InChI is InChI=1S/C28H43FO/c1-2-3-21-4-8-23(9-5-21)24-10-12-25(13-11-24)26-14-18-28(19-15-26)30-20-22-6-16-27(29)17-7-22/h6-7,16-17,21,23-26,28H,2-5,8-15,18-20H2,1H3. The van der Waals surface area contributed by atoms with E-state index < -0.39 is 0 Å². The van der Waals surface area contributed by atoms with Crippen LogP contribution in [0.25, 0.3) is 0 Å². The lowest BCUT2D eigenvalue weighted by atomic mass is 9.65. The van der Waals surface area contributed by atoms with Crippen LogP contribution in [-0.2, 0) is 11.3 Å². The summed E-state index contributed by atoms with van der Waals surface area (Å²) in [6.07, 6.45) is 20.5. The molecule has 3 saturated carbocycles. The maximum Gasteiger partial charge on any atom is 0.123 e. The van der Waals surface area contributed by atoms with Crippen molar-refractivity contribution in [2.24, 2.45) is 29.6 Å². The molecule has 3 aliphatic rings. The maximum atomic E-state index is 13.0. The fraction of sp³-hybridized carbons (Fsp3) is 0.786. The first-order valence-electron chi connectivity index (χ1n) is 13.1. The zero-order chi connectivity index (χ0) is 20.8. The molecule has 168 valence electrons. The highest BCUT2D eigenvalue weighted by atomic mass is 19.1. The number of halogens is 1. The van der Waals surface area contributed by atoms with Crippen molar-refractivity contribution in [1.82, 2.24) is 0 Å². The summed E-state index contributed by atoms with van der Waals surface area (Å²) in [4.78, 5) is 0. The van der Waals surface area contributed by atoms with E-state index in [0.717, 1.165) is 35.2 Å². The Bertz CT molecular complexity index is 602. The molecule has 0 heterocycles. The summed E-state index contributed by atoms with van der Waals surface area (Å²) in [7, 11) is 0. The van der Waals surface area contributed by atoms with Crippen molar-refractivity contribution in [3.63, 3.8) is 0 Å². The van der Waals surface area contributed by atoms with Gasteiger partial charge in [0.15, 0.2) is 0 Å². The fourth-order valence-electron chi connectivity index (χ4n) is 6.97. The molecule has 0 aliphatic heterocycles. The molecule has 0 bridgehead atoms. The molecular formula is C28H43FO. The van der Waals surface area contributed by atoms with Gasteiger partial charge in [0.25, 0.3) is 0 Å². The van der Waals surface area contributed by atoms with E-state index in [4.69, 9.17) is 4.74 Å². The topological polar surface area (TPSA) is 9.23 Å². The zero-order valence-electron chi connectivity index (χ0n) is 19.2. The smallest absolute Gasteiger partial charge is 0.123 e. The van der Waals surface area contributed by atoms with Gasteiger partial charge in [-0.25, -0.2) is 4.39 Å². The Balaban J connectivity index is 1.13. The Morgan fingerprint density at radius 1 is 0.700 bits per heavy atom. The maximum absolute atomic E-state index is 13.0. The van der Waals surface area contributed by atoms with Crippen molar-refractivity contribution in [2.45, 2.75) is 110 Å². The number of hydrogen-bond donors (Lipinski definition) is 0. The molecule has 1 nitrogen and oxygen atoms in total. The zero-order valence-corrected chi connectivity index (χ0v) is 19.2. The first-order chi connectivity index (χ1) is 14.7. The van der Waals surface area contributed by atoms with E-state index in [-0.39, 0.29) is 5.82 Å². The number of benzene rings is 1. The van der Waals surface area contributed by atoms with Crippen molar-refractivity contribution >= 4 is 0 Å². The van der Waals surface area contributed by atoms with E-state index in [1.54, 1.807) is 0 Å². The first kappa shape index (κ1) is 22.3. The van der Waals surface area contributed by atoms with E-state index in [9.17, 15) is 4.39 Å². The van der Waals surface area contributed by atoms with Crippen LogP contribution < -0.4 is 0 Å². The molecule has 0 N–H and O–H groups in total. The Hall–Kier alpha value is -0.890. The SMILES string of the molecule is CCCC1CCC(C2CCC(C3CCC(OCc4ccc(F)cc4)CC3)CC2)CC1. The van der Waals surface area contributed by atoms with Gasteiger partial charge in [0.2, 0.25) is 0 Å². The van der Waals surface area contributed by atoms with E-state index in [2.05, 4.69) is 6.92 Å². The minimum absolute atomic E-state index is 0.168. The highest BCUT2D eigenvalue weighted by molar-refractivity contribution is 5.15. The molecule has 0 saturated heterocycles. The molecule has 1 aromatic carbocycles. The Kier molecular flexibility index (Phi) is 8.27. The van der Waals surface area contributed by atoms with E-state index in [1.807, 2.05) is 12.1 Å². The van der Waals surface area contributed by atoms with E-state index >= 15 is 0 Å². The molecule has 30 heavy (non-hydrogen) atoms. The van der Waals surface area contributed by atoms with Crippen LogP contribution in [0.2, 0.25) is 0 Å². The van der Waals surface area contributed by atoms with Gasteiger partial charge in [0, 0.05) is 0 Å². The largest absolute Gasteiger partial charge is 0.374 e. The van der Waals surface area contributed by atoms with Crippen LogP contribution in [0.3, 0.4) is 0 Å². The molecule has 3 fully saturated rings. The highest BCUT2D eigenvalue weighted by Crippen LogP contribution is 2.45. The lowest BCUT2D eigenvalue weighted by Crippen LogP contribution is -2.31. The predicted octanol–water partition coefficient (Wildman–Crippen LogP) is 8.31. The molecule has 0 aromatic heterocycles. The van der Waals surface area contributed by atoms with Gasteiger partial charge in [-0.2, -0.15) is 0 Å². The molecule has 0 atom stereocenters. The first-order valence-corrected chi connectivity index (χ1v) is 13.1. The van der Waals surface area contributed by atoms with Crippen molar-refractivity contribution in [2.75, 3.05) is 0 Å². The summed E-state index contributed by atoms with van der Waals surface area (Å²) >= 11 is 0. The van der Waals surface area contributed by atoms with Gasteiger partial charge in [-0.15, -0.1) is 0 Å². The van der Waals surface area contributed by atoms with Crippen molar-refractivity contribution < 1.29 is 9.13 Å². The second kappa shape index (κ2) is 11.1. The van der Waals surface area contributed by atoms with Crippen LogP contribution in [0, 0.1) is 35.4 Å². The normalized spacial score (nSPS) is 35.3. The predicted molar refractivity (Wildman–Crippen MR) is 123 cm³/mol. The summed E-state index contributed by atoms with van der Waals surface area (Å²) in [5, 5.41) is 0. The monoisotopic (exact) mass is 414 g/mol. The summed E-state index contributed by atoms with van der Waals surface area (Å²) < 4.78 is 19.2. The van der Waals surface area contributed by atoms with Gasteiger partial charge in [-0.05, 0) is 111 Å². The Labute approximate surface area is 184 Å². The molecule has 0 unspecified atom stereocenters. The van der Waals surface area contributed by atoms with Gasteiger partial charge in [-0.1, -0.05) is 44.7 Å². The number of ether oxygens (including phenoxy) is 1. The van der Waals surface area contributed by atoms with Crippen molar-refractivity contribution in [3.05, 3.63) is 35.6 Å². The van der Waals surface area contributed by atoms with Gasteiger partial charge >= 0.3 is 0 Å². The second-order valence-electron chi connectivity index (χ2n) is 10.7.